The summed E-state index contributed by atoms with van der Waals surface area (Å²) in [4.78, 5) is 9.57. The zero-order chi connectivity index (χ0) is 6.91. The van der Waals surface area contributed by atoms with Crippen LogP contribution in [0.25, 0.3) is 0 Å². The number of rotatable bonds is 1. The van der Waals surface area contributed by atoms with E-state index in [2.05, 4.69) is 5.32 Å². The summed E-state index contributed by atoms with van der Waals surface area (Å²) in [5, 5.41) is 13.0. The Morgan fingerprint density at radius 2 is 2.56 bits per heavy atom. The maximum atomic E-state index is 10.4. The molecule has 4 heteroatoms. The van der Waals surface area contributed by atoms with Gasteiger partial charge in [0, 0.05) is 6.20 Å². The van der Waals surface area contributed by atoms with E-state index in [1.807, 2.05) is 0 Å². The molecule has 0 fully saturated rings. The summed E-state index contributed by atoms with van der Waals surface area (Å²) in [6.45, 7) is 1.62. The highest BCUT2D eigenvalue weighted by Gasteiger charge is 2.34. The Labute approximate surface area is 57.1 Å². The molecule has 0 aliphatic carbocycles. The third-order valence-electron chi connectivity index (χ3n) is 1.14. The second kappa shape index (κ2) is 1.95. The quantitative estimate of drug-likeness (QED) is 0.567. The molecular formula is C5H7NO2S. The van der Waals surface area contributed by atoms with E-state index < -0.39 is 10.8 Å². The number of carboxylic acids is 1. The van der Waals surface area contributed by atoms with E-state index in [9.17, 15) is 4.79 Å². The Morgan fingerprint density at radius 3 is 2.78 bits per heavy atom. The molecule has 9 heavy (non-hydrogen) atoms. The first-order valence-electron chi connectivity index (χ1n) is 2.49. The highest BCUT2D eigenvalue weighted by Crippen LogP contribution is 2.27. The van der Waals surface area contributed by atoms with Crippen LogP contribution in [0.2, 0.25) is 0 Å². The van der Waals surface area contributed by atoms with Gasteiger partial charge in [-0.15, -0.1) is 0 Å². The van der Waals surface area contributed by atoms with E-state index in [0.29, 0.717) is 0 Å². The molecule has 1 heterocycles. The van der Waals surface area contributed by atoms with Crippen molar-refractivity contribution in [2.24, 2.45) is 0 Å². The van der Waals surface area contributed by atoms with E-state index >= 15 is 0 Å². The predicted octanol–water partition coefficient (Wildman–Crippen LogP) is 0.595. The average Bonchev–Trinajstić information content (AvgIpc) is 2.16. The molecule has 0 spiro atoms. The maximum Gasteiger partial charge on any atom is 0.340 e. The van der Waals surface area contributed by atoms with Crippen LogP contribution in [-0.2, 0) is 4.79 Å². The second-order valence-electron chi connectivity index (χ2n) is 1.90. The monoisotopic (exact) mass is 145 g/mol. The van der Waals surface area contributed by atoms with Gasteiger partial charge in [-0.3, -0.25) is 0 Å². The minimum absolute atomic E-state index is 0.833. The van der Waals surface area contributed by atoms with Gasteiger partial charge in [0.25, 0.3) is 0 Å². The van der Waals surface area contributed by atoms with Crippen molar-refractivity contribution in [3.63, 3.8) is 0 Å². The van der Waals surface area contributed by atoms with Crippen LogP contribution in [0.15, 0.2) is 11.6 Å². The Balaban J connectivity index is 2.66. The second-order valence-corrected chi connectivity index (χ2v) is 3.23. The van der Waals surface area contributed by atoms with Gasteiger partial charge in [0.15, 0.2) is 4.87 Å². The summed E-state index contributed by atoms with van der Waals surface area (Å²) in [6, 6.07) is 0. The molecule has 1 rings (SSSR count). The van der Waals surface area contributed by atoms with Crippen LogP contribution in [0.4, 0.5) is 0 Å². The van der Waals surface area contributed by atoms with Crippen molar-refractivity contribution >= 4 is 17.7 Å². The summed E-state index contributed by atoms with van der Waals surface area (Å²) in [6.07, 6.45) is 1.64. The lowest BCUT2D eigenvalue weighted by molar-refractivity contribution is -0.139. The van der Waals surface area contributed by atoms with Gasteiger partial charge in [0.2, 0.25) is 0 Å². The topological polar surface area (TPSA) is 49.3 Å². The molecule has 50 valence electrons. The standard InChI is InChI=1S/C5H7NO2S/c1-5(4(7)8)6-2-3-9-5/h2-3,6H,1H3,(H,7,8). The maximum absolute atomic E-state index is 10.4. The summed E-state index contributed by atoms with van der Waals surface area (Å²) < 4.78 is 0. The molecule has 2 N–H and O–H groups in total. The van der Waals surface area contributed by atoms with Crippen LogP contribution < -0.4 is 5.32 Å². The molecule has 1 aliphatic heterocycles. The number of hydrogen-bond donors (Lipinski definition) is 2. The Kier molecular flexibility index (Phi) is 1.40. The van der Waals surface area contributed by atoms with E-state index in [1.165, 1.54) is 11.8 Å². The minimum Gasteiger partial charge on any atom is -0.479 e. The van der Waals surface area contributed by atoms with Gasteiger partial charge < -0.3 is 10.4 Å². The van der Waals surface area contributed by atoms with Crippen LogP contribution in [0.1, 0.15) is 6.92 Å². The van der Waals surface area contributed by atoms with Crippen molar-refractivity contribution in [3.05, 3.63) is 11.6 Å². The lowest BCUT2D eigenvalue weighted by atomic mass is 10.3. The van der Waals surface area contributed by atoms with Gasteiger partial charge in [0.05, 0.1) is 0 Å². The average molecular weight is 145 g/mol. The zero-order valence-corrected chi connectivity index (χ0v) is 5.73. The Bertz CT molecular complexity index is 158. The Hall–Kier alpha value is -0.640. The van der Waals surface area contributed by atoms with Crippen LogP contribution >= 0.6 is 11.8 Å². The lowest BCUT2D eigenvalue weighted by Gasteiger charge is -2.16. The molecule has 0 radical (unpaired) electrons. The predicted molar refractivity (Wildman–Crippen MR) is 35.9 cm³/mol. The van der Waals surface area contributed by atoms with Crippen LogP contribution in [0, 0.1) is 0 Å². The zero-order valence-electron chi connectivity index (χ0n) is 4.92. The van der Waals surface area contributed by atoms with Crippen molar-refractivity contribution < 1.29 is 9.90 Å². The minimum atomic E-state index is -0.836. The van der Waals surface area contributed by atoms with Gasteiger partial charge in [-0.25, -0.2) is 4.79 Å². The number of carboxylic acid groups (broad SMARTS) is 1. The first-order valence-corrected chi connectivity index (χ1v) is 3.37. The molecule has 0 amide bonds. The normalized spacial score (nSPS) is 32.1. The molecule has 0 saturated carbocycles. The smallest absolute Gasteiger partial charge is 0.340 e. The summed E-state index contributed by atoms with van der Waals surface area (Å²) >= 11 is 1.26. The van der Waals surface area contributed by atoms with Crippen molar-refractivity contribution in [3.8, 4) is 0 Å². The van der Waals surface area contributed by atoms with E-state index in [1.54, 1.807) is 18.5 Å². The van der Waals surface area contributed by atoms with Crippen molar-refractivity contribution in [1.29, 1.82) is 0 Å². The molecule has 1 aliphatic rings. The van der Waals surface area contributed by atoms with Gasteiger partial charge in [-0.1, -0.05) is 11.8 Å². The number of carbonyl (C=O) groups is 1. The third kappa shape index (κ3) is 1.03. The first kappa shape index (κ1) is 6.48. The summed E-state index contributed by atoms with van der Waals surface area (Å²) in [7, 11) is 0. The lowest BCUT2D eigenvalue weighted by Crippen LogP contribution is -2.40. The molecule has 0 aromatic heterocycles. The number of aliphatic carboxylic acids is 1. The fourth-order valence-electron chi connectivity index (χ4n) is 0.509. The molecule has 0 aromatic carbocycles. The molecule has 0 bridgehead atoms. The molecule has 1 atom stereocenters. The van der Waals surface area contributed by atoms with Crippen molar-refractivity contribution in [1.82, 2.24) is 5.32 Å². The third-order valence-corrected chi connectivity index (χ3v) is 2.17. The molecule has 0 aromatic rings. The van der Waals surface area contributed by atoms with E-state index in [-0.39, 0.29) is 0 Å². The Morgan fingerprint density at radius 1 is 1.89 bits per heavy atom. The highest BCUT2D eigenvalue weighted by molar-refractivity contribution is 8.04. The summed E-state index contributed by atoms with van der Waals surface area (Å²) in [5.74, 6) is -0.836. The molecule has 1 unspecified atom stereocenters. The number of hydrogen-bond acceptors (Lipinski definition) is 3. The van der Waals surface area contributed by atoms with Gasteiger partial charge in [0.1, 0.15) is 0 Å². The molecular weight excluding hydrogens is 138 g/mol. The van der Waals surface area contributed by atoms with Crippen LogP contribution in [0.3, 0.4) is 0 Å². The number of thioether (sulfide) groups is 1. The first-order chi connectivity index (χ1) is 4.15. The SMILES string of the molecule is CC1(C(=O)O)NC=CS1. The molecule has 0 saturated heterocycles. The largest absolute Gasteiger partial charge is 0.479 e. The van der Waals surface area contributed by atoms with E-state index in [0.717, 1.165) is 0 Å². The van der Waals surface area contributed by atoms with Crippen molar-refractivity contribution in [2.45, 2.75) is 11.8 Å². The molecule has 3 nitrogen and oxygen atoms in total. The van der Waals surface area contributed by atoms with Gasteiger partial charge >= 0.3 is 5.97 Å². The fraction of sp³-hybridized carbons (Fsp3) is 0.400. The number of nitrogens with one attached hydrogen (secondary N) is 1. The van der Waals surface area contributed by atoms with Gasteiger partial charge in [-0.05, 0) is 12.3 Å². The van der Waals surface area contributed by atoms with Gasteiger partial charge in [-0.2, -0.15) is 0 Å². The van der Waals surface area contributed by atoms with Crippen LogP contribution in [-0.4, -0.2) is 15.9 Å². The fourth-order valence-corrected chi connectivity index (χ4v) is 1.15. The highest BCUT2D eigenvalue weighted by atomic mass is 32.2. The van der Waals surface area contributed by atoms with E-state index in [4.69, 9.17) is 5.11 Å². The van der Waals surface area contributed by atoms with Crippen LogP contribution in [0.5, 0.6) is 0 Å². The summed E-state index contributed by atoms with van der Waals surface area (Å²) in [5.41, 5.74) is 0. The van der Waals surface area contributed by atoms with Crippen molar-refractivity contribution in [2.75, 3.05) is 0 Å².